The Kier molecular flexibility index (Phi) is 10.4. The fourth-order valence-electron chi connectivity index (χ4n) is 7.63. The van der Waals surface area contributed by atoms with E-state index in [9.17, 15) is 14.4 Å². The number of likely N-dealkylation sites (N-methyl/N-ethyl adjacent to an activating group) is 1. The second-order valence-electron chi connectivity index (χ2n) is 13.5. The molecule has 1 aliphatic carbocycles. The van der Waals surface area contributed by atoms with E-state index in [0.29, 0.717) is 13.0 Å². The first-order valence-electron chi connectivity index (χ1n) is 17.4. The maximum absolute atomic E-state index is 15.1. The van der Waals surface area contributed by atoms with Gasteiger partial charge >= 0.3 is 0 Å². The van der Waals surface area contributed by atoms with Gasteiger partial charge < -0.3 is 20.4 Å². The first-order valence-corrected chi connectivity index (χ1v) is 17.4. The smallest absolute Gasteiger partial charge is 0.245 e. The van der Waals surface area contributed by atoms with Crippen LogP contribution < -0.4 is 16.0 Å². The summed E-state index contributed by atoms with van der Waals surface area (Å²) in [5.74, 6) is -0.981. The van der Waals surface area contributed by atoms with E-state index in [1.165, 1.54) is 4.90 Å². The van der Waals surface area contributed by atoms with Crippen molar-refractivity contribution in [2.45, 2.75) is 75.7 Å². The molecule has 6 rings (SSSR count). The van der Waals surface area contributed by atoms with Crippen LogP contribution in [0.25, 0.3) is 11.1 Å². The first-order chi connectivity index (χ1) is 23.3. The number of hydrogen-bond donors (Lipinski definition) is 3. The summed E-state index contributed by atoms with van der Waals surface area (Å²) in [5.41, 5.74) is 2.69. The highest BCUT2D eigenvalue weighted by Gasteiger charge is 2.61. The van der Waals surface area contributed by atoms with E-state index < -0.39 is 23.8 Å². The van der Waals surface area contributed by atoms with Crippen LogP contribution >= 0.6 is 0 Å². The summed E-state index contributed by atoms with van der Waals surface area (Å²) in [5, 5.41) is 9.39. The minimum absolute atomic E-state index is 0.0351. The number of amides is 3. The van der Waals surface area contributed by atoms with E-state index in [0.717, 1.165) is 54.4 Å². The minimum Gasteiger partial charge on any atom is -0.345 e. The molecule has 0 radical (unpaired) electrons. The van der Waals surface area contributed by atoms with E-state index >= 15 is 4.79 Å². The third-order valence-electron chi connectivity index (χ3n) is 10.5. The Labute approximate surface area is 283 Å². The van der Waals surface area contributed by atoms with Gasteiger partial charge in [-0.15, -0.1) is 0 Å². The SMILES string of the molecule is CN[C@@H](C)C(=O)N[C@H](C(=O)[C@@]12CN(CCc3ccccc3)C(=O)[C@H](Cc3ccc(-c4ccccc4)cc3)N1C(=O)CN2)C1CCCCC1. The quantitative estimate of drug-likeness (QED) is 0.276. The van der Waals surface area contributed by atoms with Gasteiger partial charge in [-0.25, -0.2) is 0 Å². The monoisotopic (exact) mass is 649 g/mol. The maximum Gasteiger partial charge on any atom is 0.245 e. The highest BCUT2D eigenvalue weighted by atomic mass is 16.2. The van der Waals surface area contributed by atoms with Gasteiger partial charge in [-0.05, 0) is 61.4 Å². The summed E-state index contributed by atoms with van der Waals surface area (Å²) in [6, 6.07) is 26.0. The van der Waals surface area contributed by atoms with E-state index in [1.54, 1.807) is 18.9 Å². The van der Waals surface area contributed by atoms with Crippen molar-refractivity contribution in [3.05, 3.63) is 96.1 Å². The van der Waals surface area contributed by atoms with Gasteiger partial charge in [0.05, 0.1) is 25.2 Å². The Morgan fingerprint density at radius 2 is 1.52 bits per heavy atom. The van der Waals surface area contributed by atoms with Crippen LogP contribution in [0.2, 0.25) is 0 Å². The number of Topliss-reactive ketones (excluding diaryl/α,β-unsaturated/α-hetero) is 1. The number of piperazine rings is 1. The summed E-state index contributed by atoms with van der Waals surface area (Å²) < 4.78 is 0. The van der Waals surface area contributed by atoms with E-state index in [2.05, 4.69) is 28.1 Å². The fraction of sp³-hybridized carbons (Fsp3) is 0.436. The predicted molar refractivity (Wildman–Crippen MR) is 186 cm³/mol. The molecule has 3 N–H and O–H groups in total. The molecule has 3 amide bonds. The van der Waals surface area contributed by atoms with Crippen molar-refractivity contribution in [3.63, 3.8) is 0 Å². The van der Waals surface area contributed by atoms with Crippen molar-refractivity contribution in [2.75, 3.05) is 26.7 Å². The van der Waals surface area contributed by atoms with Crippen LogP contribution in [0.4, 0.5) is 0 Å². The molecule has 9 heteroatoms. The van der Waals surface area contributed by atoms with E-state index in [4.69, 9.17) is 0 Å². The maximum atomic E-state index is 15.1. The highest BCUT2D eigenvalue weighted by Crippen LogP contribution is 2.36. The lowest BCUT2D eigenvalue weighted by Gasteiger charge is -2.51. The molecule has 0 bridgehead atoms. The number of nitrogens with one attached hydrogen (secondary N) is 3. The second kappa shape index (κ2) is 14.8. The standard InChI is InChI=1S/C39H47N5O4/c1-27(40-2)37(47)42-35(32-16-10-5-11-17-32)36(46)39-26-43(23-22-28-12-6-3-7-13-28)38(48)33(44(39)34(45)25-41-39)24-29-18-20-31(21-19-29)30-14-8-4-9-15-30/h3-4,6-9,12-15,18-21,27,32-33,35,40-41H,5,10-11,16-17,22-26H2,1-2H3,(H,42,47)/t27-,33-,35-,39+/m0/s1. The molecule has 2 saturated heterocycles. The molecule has 3 fully saturated rings. The molecular weight excluding hydrogens is 602 g/mol. The number of rotatable bonds is 12. The molecular formula is C39H47N5O4. The summed E-state index contributed by atoms with van der Waals surface area (Å²) in [7, 11) is 1.72. The summed E-state index contributed by atoms with van der Waals surface area (Å²) >= 11 is 0. The number of fused-ring (bicyclic) bond motifs is 1. The first kappa shape index (κ1) is 33.6. The lowest BCUT2D eigenvalue weighted by atomic mass is 9.78. The van der Waals surface area contributed by atoms with Gasteiger partial charge in [-0.1, -0.05) is 104 Å². The van der Waals surface area contributed by atoms with Gasteiger partial charge in [0.25, 0.3) is 0 Å². The molecule has 3 aromatic carbocycles. The molecule has 2 heterocycles. The van der Waals surface area contributed by atoms with Crippen LogP contribution in [0.1, 0.15) is 50.2 Å². The molecule has 4 atom stereocenters. The largest absolute Gasteiger partial charge is 0.345 e. The fourth-order valence-corrected chi connectivity index (χ4v) is 7.63. The average Bonchev–Trinajstić information content (AvgIpc) is 3.48. The zero-order valence-corrected chi connectivity index (χ0v) is 28.0. The lowest BCUT2D eigenvalue weighted by Crippen LogP contribution is -2.76. The average molecular weight is 650 g/mol. The molecule has 3 aromatic rings. The lowest BCUT2D eigenvalue weighted by molar-refractivity contribution is -0.165. The third-order valence-corrected chi connectivity index (χ3v) is 10.5. The van der Waals surface area contributed by atoms with Crippen LogP contribution in [-0.4, -0.2) is 83.8 Å². The zero-order chi connectivity index (χ0) is 33.7. The molecule has 0 aromatic heterocycles. The minimum atomic E-state index is -1.45. The van der Waals surface area contributed by atoms with Gasteiger partial charge in [0.1, 0.15) is 6.04 Å². The van der Waals surface area contributed by atoms with Gasteiger partial charge in [0.15, 0.2) is 11.4 Å². The van der Waals surface area contributed by atoms with E-state index in [1.807, 2.05) is 72.8 Å². The summed E-state index contributed by atoms with van der Waals surface area (Å²) in [4.78, 5) is 59.9. The third kappa shape index (κ3) is 6.93. The van der Waals surface area contributed by atoms with Crippen LogP contribution in [0.15, 0.2) is 84.9 Å². The number of ketones is 1. The number of nitrogens with zero attached hydrogens (tertiary/aromatic N) is 2. The second-order valence-corrected chi connectivity index (χ2v) is 13.5. The van der Waals surface area contributed by atoms with Gasteiger partial charge in [-0.3, -0.25) is 24.5 Å². The number of hydrogen-bond acceptors (Lipinski definition) is 6. The summed E-state index contributed by atoms with van der Waals surface area (Å²) in [6.45, 7) is 2.16. The molecule has 0 unspecified atom stereocenters. The molecule has 1 saturated carbocycles. The Bertz CT molecular complexity index is 1590. The molecule has 2 aliphatic heterocycles. The van der Waals surface area contributed by atoms with Crippen LogP contribution in [0.3, 0.4) is 0 Å². The van der Waals surface area contributed by atoms with Crippen LogP contribution in [0.5, 0.6) is 0 Å². The van der Waals surface area contributed by atoms with Crippen molar-refractivity contribution < 1.29 is 19.2 Å². The van der Waals surface area contributed by atoms with Crippen molar-refractivity contribution in [1.82, 2.24) is 25.8 Å². The number of carbonyl (C=O) groups is 4. The van der Waals surface area contributed by atoms with Gasteiger partial charge in [0, 0.05) is 13.0 Å². The summed E-state index contributed by atoms with van der Waals surface area (Å²) in [6.07, 6.45) is 5.60. The normalized spacial score (nSPS) is 22.7. The van der Waals surface area contributed by atoms with Crippen molar-refractivity contribution >= 4 is 23.5 Å². The molecule has 252 valence electrons. The topological polar surface area (TPSA) is 111 Å². The van der Waals surface area contributed by atoms with Gasteiger partial charge in [-0.2, -0.15) is 0 Å². The number of carbonyl (C=O) groups excluding carboxylic acids is 4. The van der Waals surface area contributed by atoms with Crippen molar-refractivity contribution in [1.29, 1.82) is 0 Å². The zero-order valence-electron chi connectivity index (χ0n) is 28.0. The Hall–Kier alpha value is -4.34. The molecule has 3 aliphatic rings. The van der Waals surface area contributed by atoms with Gasteiger partial charge in [0.2, 0.25) is 17.7 Å². The van der Waals surface area contributed by atoms with Crippen molar-refractivity contribution in [2.24, 2.45) is 5.92 Å². The predicted octanol–water partition coefficient (Wildman–Crippen LogP) is 3.72. The Morgan fingerprint density at radius 1 is 0.875 bits per heavy atom. The number of benzene rings is 3. The van der Waals surface area contributed by atoms with Crippen molar-refractivity contribution in [3.8, 4) is 11.1 Å². The Morgan fingerprint density at radius 3 is 2.19 bits per heavy atom. The molecule has 9 nitrogen and oxygen atoms in total. The van der Waals surface area contributed by atoms with Crippen LogP contribution in [-0.2, 0) is 32.0 Å². The van der Waals surface area contributed by atoms with Crippen LogP contribution in [0, 0.1) is 5.92 Å². The highest BCUT2D eigenvalue weighted by molar-refractivity contribution is 6.04. The molecule has 0 spiro atoms. The van der Waals surface area contributed by atoms with E-state index in [-0.39, 0.29) is 48.9 Å². The Balaban J connectivity index is 1.35. The molecule has 48 heavy (non-hydrogen) atoms.